The van der Waals surface area contributed by atoms with Crippen LogP contribution in [-0.2, 0) is 30.4 Å². The van der Waals surface area contributed by atoms with Crippen molar-refractivity contribution in [1.82, 2.24) is 5.32 Å². The number of benzene rings is 2. The van der Waals surface area contributed by atoms with Crippen molar-refractivity contribution >= 4 is 11.9 Å². The van der Waals surface area contributed by atoms with E-state index in [4.69, 9.17) is 4.74 Å². The first-order chi connectivity index (χ1) is 14.4. The lowest BCUT2D eigenvalue weighted by molar-refractivity contribution is -0.143. The van der Waals surface area contributed by atoms with Gasteiger partial charge in [0.15, 0.2) is 0 Å². The smallest absolute Gasteiger partial charge is 0.416 e. The summed E-state index contributed by atoms with van der Waals surface area (Å²) >= 11 is 0. The molecule has 1 aliphatic rings. The third-order valence-electron chi connectivity index (χ3n) is 5.44. The summed E-state index contributed by atoms with van der Waals surface area (Å²) in [5.41, 5.74) is 1.43. The Morgan fingerprint density at radius 2 is 1.71 bits per heavy atom. The minimum atomic E-state index is -4.42. The van der Waals surface area contributed by atoms with Gasteiger partial charge in [-0.25, -0.2) is 4.79 Å². The van der Waals surface area contributed by atoms with E-state index in [1.165, 1.54) is 26.0 Å². The Morgan fingerprint density at radius 1 is 1.10 bits per heavy atom. The molecule has 0 bridgehead atoms. The van der Waals surface area contributed by atoms with E-state index in [1.54, 1.807) is 6.07 Å². The summed E-state index contributed by atoms with van der Waals surface area (Å²) in [5.74, 6) is -1.39. The van der Waals surface area contributed by atoms with Crippen LogP contribution in [0.3, 0.4) is 0 Å². The van der Waals surface area contributed by atoms with Gasteiger partial charge in [-0.1, -0.05) is 12.1 Å². The van der Waals surface area contributed by atoms with Crippen molar-refractivity contribution in [2.45, 2.75) is 58.4 Å². The molecule has 2 aromatic carbocycles. The summed E-state index contributed by atoms with van der Waals surface area (Å²) in [4.78, 5) is 24.3. The number of fused-ring (bicyclic) bond motifs is 1. The third kappa shape index (κ3) is 4.84. The Kier molecular flexibility index (Phi) is 6.02. The molecule has 0 spiro atoms. The molecule has 166 valence electrons. The summed E-state index contributed by atoms with van der Waals surface area (Å²) < 4.78 is 44.3. The van der Waals surface area contributed by atoms with Crippen LogP contribution in [0.5, 0.6) is 5.75 Å². The van der Waals surface area contributed by atoms with Gasteiger partial charge in [-0.05, 0) is 80.5 Å². The first-order valence-corrected chi connectivity index (χ1v) is 9.90. The number of halogens is 3. The minimum absolute atomic E-state index is 0.0176. The quantitative estimate of drug-likeness (QED) is 0.691. The van der Waals surface area contributed by atoms with Gasteiger partial charge < -0.3 is 15.2 Å². The molecule has 0 heterocycles. The normalized spacial score (nSPS) is 13.6. The summed E-state index contributed by atoms with van der Waals surface area (Å²) in [6.45, 7) is 4.64. The van der Waals surface area contributed by atoms with Crippen LogP contribution >= 0.6 is 0 Å². The van der Waals surface area contributed by atoms with Gasteiger partial charge >= 0.3 is 12.1 Å². The van der Waals surface area contributed by atoms with Crippen LogP contribution < -0.4 is 10.1 Å². The van der Waals surface area contributed by atoms with Crippen molar-refractivity contribution in [2.75, 3.05) is 0 Å². The maximum atomic E-state index is 12.9. The molecule has 0 atom stereocenters. The fraction of sp³-hybridized carbons (Fsp3) is 0.391. The molecule has 0 saturated carbocycles. The molecular weight excluding hydrogens is 411 g/mol. The molecule has 0 radical (unpaired) electrons. The molecule has 0 aromatic heterocycles. The largest absolute Gasteiger partial charge is 0.488 e. The van der Waals surface area contributed by atoms with Gasteiger partial charge in [-0.2, -0.15) is 13.2 Å². The molecule has 2 N–H and O–H groups in total. The molecule has 1 amide bonds. The lowest BCUT2D eigenvalue weighted by Crippen LogP contribution is -2.49. The van der Waals surface area contributed by atoms with E-state index >= 15 is 0 Å². The monoisotopic (exact) mass is 435 g/mol. The second kappa shape index (κ2) is 8.24. The maximum Gasteiger partial charge on any atom is 0.416 e. The highest BCUT2D eigenvalue weighted by Crippen LogP contribution is 2.37. The van der Waals surface area contributed by atoms with Crippen LogP contribution in [0.15, 0.2) is 30.3 Å². The Morgan fingerprint density at radius 3 is 2.29 bits per heavy atom. The molecule has 8 heteroatoms. The number of ether oxygens (including phenoxy) is 1. The summed E-state index contributed by atoms with van der Waals surface area (Å²) in [5, 5.41) is 11.8. The van der Waals surface area contributed by atoms with Gasteiger partial charge in [-0.3, -0.25) is 4.79 Å². The molecule has 2 aromatic rings. The minimum Gasteiger partial charge on any atom is -0.488 e. The first kappa shape index (κ1) is 22.7. The number of alkyl halides is 3. The van der Waals surface area contributed by atoms with Crippen molar-refractivity contribution in [3.05, 3.63) is 63.7 Å². The van der Waals surface area contributed by atoms with Gasteiger partial charge in [0.05, 0.1) is 11.1 Å². The van der Waals surface area contributed by atoms with E-state index in [2.05, 4.69) is 5.32 Å². The molecule has 31 heavy (non-hydrogen) atoms. The van der Waals surface area contributed by atoms with E-state index < -0.39 is 29.2 Å². The lowest BCUT2D eigenvalue weighted by Gasteiger charge is -2.23. The number of hydrogen-bond acceptors (Lipinski definition) is 3. The number of hydrogen-bond donors (Lipinski definition) is 2. The average molecular weight is 435 g/mol. The second-order valence-electron chi connectivity index (χ2n) is 8.25. The highest BCUT2D eigenvalue weighted by Gasteiger charge is 2.32. The van der Waals surface area contributed by atoms with Crippen LogP contribution in [0.4, 0.5) is 13.2 Å². The van der Waals surface area contributed by atoms with Crippen molar-refractivity contribution in [3.63, 3.8) is 0 Å². The molecule has 0 fully saturated rings. The standard InChI is InChI=1S/C23H24F3NO4/c1-13-11-18(20(28)27-22(2,3)21(29)30)19(17-6-4-5-16(13)17)31-12-14-7-9-15(10-8-14)23(24,25)26/h7-11H,4-6,12H2,1-3H3,(H,27,28)(H,29,30). The van der Waals surface area contributed by atoms with Crippen LogP contribution in [0, 0.1) is 6.92 Å². The fourth-order valence-electron chi connectivity index (χ4n) is 3.64. The van der Waals surface area contributed by atoms with Crippen molar-refractivity contribution < 1.29 is 32.6 Å². The summed E-state index contributed by atoms with van der Waals surface area (Å²) in [7, 11) is 0. The number of carboxylic acid groups (broad SMARTS) is 1. The van der Waals surface area contributed by atoms with Crippen molar-refractivity contribution in [1.29, 1.82) is 0 Å². The Balaban J connectivity index is 1.91. The zero-order chi connectivity index (χ0) is 23.0. The van der Waals surface area contributed by atoms with Gasteiger partial charge in [0, 0.05) is 0 Å². The van der Waals surface area contributed by atoms with Crippen molar-refractivity contribution in [2.24, 2.45) is 0 Å². The SMILES string of the molecule is Cc1cc(C(=O)NC(C)(C)C(=O)O)c(OCc2ccc(C(F)(F)F)cc2)c2c1CCC2. The first-order valence-electron chi connectivity index (χ1n) is 9.90. The fourth-order valence-corrected chi connectivity index (χ4v) is 3.64. The van der Waals surface area contributed by atoms with Crippen molar-refractivity contribution in [3.8, 4) is 5.75 Å². The number of aliphatic carboxylic acids is 1. The van der Waals surface area contributed by atoms with E-state index in [9.17, 15) is 27.9 Å². The zero-order valence-electron chi connectivity index (χ0n) is 17.5. The molecule has 5 nitrogen and oxygen atoms in total. The Labute approximate surface area is 178 Å². The van der Waals surface area contributed by atoms with Gasteiger partial charge in [-0.15, -0.1) is 0 Å². The molecule has 0 unspecified atom stereocenters. The van der Waals surface area contributed by atoms with E-state index in [1.807, 2.05) is 6.92 Å². The number of aryl methyl sites for hydroxylation is 1. The zero-order valence-corrected chi connectivity index (χ0v) is 17.5. The number of carbonyl (C=O) groups is 2. The van der Waals surface area contributed by atoms with E-state index in [0.717, 1.165) is 41.7 Å². The number of rotatable bonds is 6. The lowest BCUT2D eigenvalue weighted by atomic mass is 9.97. The molecular formula is C23H24F3NO4. The van der Waals surface area contributed by atoms with Crippen LogP contribution in [-0.4, -0.2) is 22.5 Å². The van der Waals surface area contributed by atoms with Crippen LogP contribution in [0.1, 0.15) is 58.4 Å². The Bertz CT molecular complexity index is 1010. The van der Waals surface area contributed by atoms with Gasteiger partial charge in [0.2, 0.25) is 0 Å². The predicted octanol–water partition coefficient (Wildman–Crippen LogP) is 4.67. The van der Waals surface area contributed by atoms with Crippen LogP contribution in [0.25, 0.3) is 0 Å². The highest BCUT2D eigenvalue weighted by molar-refractivity contribution is 6.00. The molecule has 0 aliphatic heterocycles. The third-order valence-corrected chi connectivity index (χ3v) is 5.44. The number of carboxylic acids is 1. The summed E-state index contributed by atoms with van der Waals surface area (Å²) in [6.07, 6.45) is -1.96. The van der Waals surface area contributed by atoms with Crippen LogP contribution in [0.2, 0.25) is 0 Å². The van der Waals surface area contributed by atoms with E-state index in [-0.39, 0.29) is 12.2 Å². The number of nitrogens with one attached hydrogen (secondary N) is 1. The van der Waals surface area contributed by atoms with Gasteiger partial charge in [0.1, 0.15) is 17.9 Å². The summed E-state index contributed by atoms with van der Waals surface area (Å²) in [6, 6.07) is 6.33. The number of carbonyl (C=O) groups excluding carboxylic acids is 1. The highest BCUT2D eigenvalue weighted by atomic mass is 19.4. The number of amides is 1. The molecule has 1 aliphatic carbocycles. The van der Waals surface area contributed by atoms with E-state index in [0.29, 0.717) is 17.7 Å². The topological polar surface area (TPSA) is 75.6 Å². The Hall–Kier alpha value is -3.03. The molecule has 0 saturated heterocycles. The average Bonchev–Trinajstić information content (AvgIpc) is 3.17. The molecule has 3 rings (SSSR count). The maximum absolute atomic E-state index is 12.9. The second-order valence-corrected chi connectivity index (χ2v) is 8.25. The predicted molar refractivity (Wildman–Crippen MR) is 108 cm³/mol. The van der Waals surface area contributed by atoms with Gasteiger partial charge in [0.25, 0.3) is 5.91 Å².